The maximum Gasteiger partial charge on any atom is 0.161 e. The summed E-state index contributed by atoms with van der Waals surface area (Å²) in [5.41, 5.74) is 1.49. The molecule has 120 valence electrons. The predicted molar refractivity (Wildman–Crippen MR) is 89.8 cm³/mol. The number of ether oxygens (including phenoxy) is 2. The minimum absolute atomic E-state index is 0.136. The molecule has 22 heavy (non-hydrogen) atoms. The second kappa shape index (κ2) is 5.96. The first-order chi connectivity index (χ1) is 10.6. The predicted octanol–water partition coefficient (Wildman–Crippen LogP) is 3.77. The average Bonchev–Trinajstić information content (AvgIpc) is 2.86. The summed E-state index contributed by atoms with van der Waals surface area (Å²) in [5, 5.41) is 0. The van der Waals surface area contributed by atoms with E-state index in [9.17, 15) is 0 Å². The van der Waals surface area contributed by atoms with Crippen LogP contribution in [0.4, 0.5) is 0 Å². The molecule has 2 aliphatic rings. The molecule has 0 N–H and O–H groups in total. The van der Waals surface area contributed by atoms with Crippen molar-refractivity contribution in [3.63, 3.8) is 0 Å². The first kappa shape index (κ1) is 15.4. The number of fused-ring (bicyclic) bond motifs is 1. The number of likely N-dealkylation sites (tertiary alicyclic amines) is 1. The molecule has 0 saturated carbocycles. The first-order valence-corrected chi connectivity index (χ1v) is 8.30. The summed E-state index contributed by atoms with van der Waals surface area (Å²) in [7, 11) is 3.97. The smallest absolute Gasteiger partial charge is 0.161 e. The first-order valence-electron chi connectivity index (χ1n) is 8.30. The molecule has 2 atom stereocenters. The maximum atomic E-state index is 5.86. The van der Waals surface area contributed by atoms with Crippen molar-refractivity contribution in [2.45, 2.75) is 50.7 Å². The topological polar surface area (TPSA) is 21.7 Å². The molecule has 0 amide bonds. The van der Waals surface area contributed by atoms with Crippen LogP contribution in [0.3, 0.4) is 0 Å². The van der Waals surface area contributed by atoms with E-state index < -0.39 is 0 Å². The molecule has 3 nitrogen and oxygen atoms in total. The van der Waals surface area contributed by atoms with Crippen LogP contribution >= 0.6 is 0 Å². The van der Waals surface area contributed by atoms with E-state index in [1.54, 1.807) is 7.11 Å². The number of methoxy groups -OCH3 is 1. The zero-order valence-corrected chi connectivity index (χ0v) is 14.1. The highest BCUT2D eigenvalue weighted by Crippen LogP contribution is 2.47. The molecule has 1 aromatic carbocycles. The van der Waals surface area contributed by atoms with Crippen LogP contribution in [0.2, 0.25) is 0 Å². The zero-order valence-electron chi connectivity index (χ0n) is 14.1. The summed E-state index contributed by atoms with van der Waals surface area (Å²) >= 11 is 0. The molecule has 0 radical (unpaired) electrons. The number of benzene rings is 1. The van der Waals surface area contributed by atoms with E-state index in [-0.39, 0.29) is 11.5 Å². The van der Waals surface area contributed by atoms with Gasteiger partial charge in [-0.3, -0.25) is 0 Å². The van der Waals surface area contributed by atoms with Crippen molar-refractivity contribution < 1.29 is 9.47 Å². The largest absolute Gasteiger partial charge is 0.493 e. The van der Waals surface area contributed by atoms with Gasteiger partial charge >= 0.3 is 0 Å². The summed E-state index contributed by atoms with van der Waals surface area (Å²) in [5.74, 6) is 1.67. The van der Waals surface area contributed by atoms with Gasteiger partial charge in [-0.15, -0.1) is 0 Å². The van der Waals surface area contributed by atoms with Crippen molar-refractivity contribution in [2.75, 3.05) is 20.7 Å². The highest BCUT2D eigenvalue weighted by Gasteiger charge is 2.46. The monoisotopic (exact) mass is 301 g/mol. The van der Waals surface area contributed by atoms with Gasteiger partial charge in [-0.05, 0) is 64.4 Å². The molecule has 3 rings (SSSR count). The molecule has 0 spiro atoms. The molecular weight excluding hydrogens is 274 g/mol. The Balaban J connectivity index is 2.00. The fraction of sp³-hybridized carbons (Fsp3) is 0.579. The average molecular weight is 301 g/mol. The summed E-state index contributed by atoms with van der Waals surface area (Å²) < 4.78 is 11.4. The quantitative estimate of drug-likeness (QED) is 0.790. The van der Waals surface area contributed by atoms with E-state index in [0.29, 0.717) is 6.04 Å². The normalized spacial score (nSPS) is 28.0. The minimum atomic E-state index is 0.136. The van der Waals surface area contributed by atoms with Crippen molar-refractivity contribution in [2.24, 2.45) is 0 Å². The number of hydrogen-bond acceptors (Lipinski definition) is 3. The van der Waals surface area contributed by atoms with Gasteiger partial charge in [-0.2, -0.15) is 0 Å². The molecule has 0 aromatic heterocycles. The second-order valence-corrected chi connectivity index (χ2v) is 6.80. The van der Waals surface area contributed by atoms with Crippen LogP contribution in [0, 0.1) is 0 Å². The highest BCUT2D eigenvalue weighted by molar-refractivity contribution is 5.48. The van der Waals surface area contributed by atoms with Gasteiger partial charge in [-0.1, -0.05) is 18.2 Å². The summed E-state index contributed by atoms with van der Waals surface area (Å²) in [6.45, 7) is 5.23. The Morgan fingerprint density at radius 2 is 2.09 bits per heavy atom. The van der Waals surface area contributed by atoms with Gasteiger partial charge in [0.15, 0.2) is 11.5 Å². The highest BCUT2D eigenvalue weighted by atomic mass is 16.5. The molecule has 1 saturated heterocycles. The lowest BCUT2D eigenvalue weighted by atomic mass is 9.70. The number of likely N-dealkylation sites (N-methyl/N-ethyl adjacent to an activating group) is 1. The van der Waals surface area contributed by atoms with Crippen LogP contribution in [-0.4, -0.2) is 37.7 Å². The Kier molecular flexibility index (Phi) is 4.18. The summed E-state index contributed by atoms with van der Waals surface area (Å²) in [6, 6.07) is 7.07. The number of allylic oxidation sites excluding steroid dienone is 1. The van der Waals surface area contributed by atoms with Gasteiger partial charge in [-0.25, -0.2) is 0 Å². The van der Waals surface area contributed by atoms with Crippen LogP contribution in [0.5, 0.6) is 11.5 Å². The van der Waals surface area contributed by atoms with Crippen LogP contribution in [0.1, 0.15) is 38.7 Å². The zero-order chi connectivity index (χ0) is 15.7. The third-order valence-corrected chi connectivity index (χ3v) is 5.09. The van der Waals surface area contributed by atoms with Gasteiger partial charge in [0.2, 0.25) is 0 Å². The van der Waals surface area contributed by atoms with E-state index in [1.165, 1.54) is 24.8 Å². The third-order valence-electron chi connectivity index (χ3n) is 5.09. The van der Waals surface area contributed by atoms with Crippen LogP contribution in [-0.2, 0) is 5.41 Å². The van der Waals surface area contributed by atoms with Crippen molar-refractivity contribution in [3.8, 4) is 11.5 Å². The molecule has 1 aliphatic heterocycles. The molecule has 1 fully saturated rings. The van der Waals surface area contributed by atoms with Crippen molar-refractivity contribution in [3.05, 3.63) is 35.9 Å². The minimum Gasteiger partial charge on any atom is -0.493 e. The number of hydrogen-bond donors (Lipinski definition) is 0. The lowest BCUT2D eigenvalue weighted by Crippen LogP contribution is -2.41. The fourth-order valence-electron chi connectivity index (χ4n) is 4.04. The van der Waals surface area contributed by atoms with Crippen molar-refractivity contribution in [1.29, 1.82) is 0 Å². The Morgan fingerprint density at radius 3 is 2.82 bits per heavy atom. The van der Waals surface area contributed by atoms with E-state index in [1.807, 2.05) is 13.8 Å². The Morgan fingerprint density at radius 1 is 1.27 bits per heavy atom. The molecule has 1 unspecified atom stereocenters. The number of rotatable bonds is 4. The molecule has 0 bridgehead atoms. The SMILES string of the molecule is COc1cc([C@@]23C=CCCC2N(C)CC3)ccc1OC(C)C. The van der Waals surface area contributed by atoms with Crippen LogP contribution in [0.15, 0.2) is 30.4 Å². The fourth-order valence-corrected chi connectivity index (χ4v) is 4.04. The van der Waals surface area contributed by atoms with E-state index in [0.717, 1.165) is 18.0 Å². The molecular formula is C19H27NO2. The standard InChI is InChI=1S/C19H27NO2/c1-14(2)22-16-9-8-15(13-17(16)21-4)19-10-6-5-7-18(19)20(3)12-11-19/h6,8-10,13-14,18H,5,7,11-12H2,1-4H3/t18?,19-/m0/s1. The van der Waals surface area contributed by atoms with E-state index in [2.05, 4.69) is 42.3 Å². The Bertz CT molecular complexity index is 567. The third kappa shape index (κ3) is 2.52. The van der Waals surface area contributed by atoms with Crippen molar-refractivity contribution in [1.82, 2.24) is 4.90 Å². The van der Waals surface area contributed by atoms with Gasteiger partial charge in [0, 0.05) is 11.5 Å². The lowest BCUT2D eigenvalue weighted by Gasteiger charge is -2.38. The maximum absolute atomic E-state index is 5.86. The van der Waals surface area contributed by atoms with Gasteiger partial charge < -0.3 is 14.4 Å². The molecule has 1 aliphatic carbocycles. The molecule has 1 aromatic rings. The van der Waals surface area contributed by atoms with Crippen molar-refractivity contribution >= 4 is 0 Å². The van der Waals surface area contributed by atoms with Gasteiger partial charge in [0.1, 0.15) is 0 Å². The van der Waals surface area contributed by atoms with Gasteiger partial charge in [0.05, 0.1) is 13.2 Å². The summed E-state index contributed by atoms with van der Waals surface area (Å²) in [4.78, 5) is 2.51. The van der Waals surface area contributed by atoms with E-state index >= 15 is 0 Å². The lowest BCUT2D eigenvalue weighted by molar-refractivity contribution is 0.228. The van der Waals surface area contributed by atoms with E-state index in [4.69, 9.17) is 9.47 Å². The Hall–Kier alpha value is -1.48. The Labute approximate surface area is 133 Å². The summed E-state index contributed by atoms with van der Waals surface area (Å²) in [6.07, 6.45) is 8.53. The number of nitrogens with zero attached hydrogens (tertiary/aromatic N) is 1. The van der Waals surface area contributed by atoms with Gasteiger partial charge in [0.25, 0.3) is 0 Å². The molecule has 3 heteroatoms. The van der Waals surface area contributed by atoms with Crippen LogP contribution < -0.4 is 9.47 Å². The second-order valence-electron chi connectivity index (χ2n) is 6.80. The molecule has 1 heterocycles. The van der Waals surface area contributed by atoms with Crippen LogP contribution in [0.25, 0.3) is 0 Å².